The van der Waals surface area contributed by atoms with Gasteiger partial charge in [0.1, 0.15) is 0 Å². The second-order valence-electron chi connectivity index (χ2n) is 1.90. The molecule has 0 aliphatic carbocycles. The lowest BCUT2D eigenvalue weighted by molar-refractivity contribution is -0.169. The molecule has 0 bridgehead atoms. The van der Waals surface area contributed by atoms with E-state index in [-0.39, 0.29) is 12.1 Å². The van der Waals surface area contributed by atoms with Crippen LogP contribution in [-0.4, -0.2) is 25.3 Å². The third kappa shape index (κ3) is 1.42. The second-order valence-corrected chi connectivity index (χ2v) is 1.90. The highest BCUT2D eigenvalue weighted by atomic mass is 16.6. The Morgan fingerprint density at radius 1 is 1.89 bits per heavy atom. The van der Waals surface area contributed by atoms with Crippen molar-refractivity contribution in [3.05, 3.63) is 0 Å². The maximum Gasteiger partial charge on any atom is 0.335 e. The SMILES string of the molecule is CCOC(=O)C1CCO1. The lowest BCUT2D eigenvalue weighted by atomic mass is 10.2. The van der Waals surface area contributed by atoms with Gasteiger partial charge in [0.2, 0.25) is 0 Å². The van der Waals surface area contributed by atoms with Gasteiger partial charge in [0.05, 0.1) is 13.2 Å². The van der Waals surface area contributed by atoms with Crippen LogP contribution < -0.4 is 0 Å². The van der Waals surface area contributed by atoms with Crippen LogP contribution >= 0.6 is 0 Å². The Bertz CT molecular complexity index is 107. The van der Waals surface area contributed by atoms with Crippen molar-refractivity contribution in [1.82, 2.24) is 0 Å². The van der Waals surface area contributed by atoms with Gasteiger partial charge in [-0.3, -0.25) is 0 Å². The molecule has 0 aromatic rings. The average molecular weight is 130 g/mol. The molecule has 0 spiro atoms. The van der Waals surface area contributed by atoms with Crippen LogP contribution in [0.4, 0.5) is 0 Å². The summed E-state index contributed by atoms with van der Waals surface area (Å²) in [5.74, 6) is -0.219. The quantitative estimate of drug-likeness (QED) is 0.505. The maximum atomic E-state index is 10.7. The van der Waals surface area contributed by atoms with Crippen LogP contribution in [0.15, 0.2) is 0 Å². The van der Waals surface area contributed by atoms with E-state index in [0.717, 1.165) is 6.42 Å². The molecule has 1 heterocycles. The van der Waals surface area contributed by atoms with Crippen LogP contribution in [0.3, 0.4) is 0 Å². The fraction of sp³-hybridized carbons (Fsp3) is 0.833. The van der Waals surface area contributed by atoms with Gasteiger partial charge in [0, 0.05) is 6.42 Å². The first-order valence-electron chi connectivity index (χ1n) is 3.13. The van der Waals surface area contributed by atoms with E-state index >= 15 is 0 Å². The molecular formula is C6H10O3. The topological polar surface area (TPSA) is 35.5 Å². The zero-order valence-corrected chi connectivity index (χ0v) is 5.42. The normalized spacial score (nSPS) is 24.8. The predicted octanol–water partition coefficient (Wildman–Crippen LogP) is 0.338. The van der Waals surface area contributed by atoms with Gasteiger partial charge >= 0.3 is 5.97 Å². The first-order chi connectivity index (χ1) is 4.34. The highest BCUT2D eigenvalue weighted by Crippen LogP contribution is 2.11. The van der Waals surface area contributed by atoms with Gasteiger partial charge in [-0.2, -0.15) is 0 Å². The number of esters is 1. The Labute approximate surface area is 53.9 Å². The number of carbonyl (C=O) groups is 1. The van der Waals surface area contributed by atoms with E-state index in [1.807, 2.05) is 0 Å². The molecule has 1 rings (SSSR count). The van der Waals surface area contributed by atoms with Gasteiger partial charge in [0.15, 0.2) is 6.10 Å². The van der Waals surface area contributed by atoms with Crippen LogP contribution in [0.2, 0.25) is 0 Å². The van der Waals surface area contributed by atoms with Crippen LogP contribution in [-0.2, 0) is 14.3 Å². The van der Waals surface area contributed by atoms with Crippen LogP contribution in [0, 0.1) is 0 Å². The average Bonchev–Trinajstić information content (AvgIpc) is 1.60. The zero-order chi connectivity index (χ0) is 6.69. The first-order valence-corrected chi connectivity index (χ1v) is 3.13. The molecule has 1 atom stereocenters. The Kier molecular flexibility index (Phi) is 2.05. The number of ether oxygens (including phenoxy) is 2. The van der Waals surface area contributed by atoms with Crippen molar-refractivity contribution in [2.75, 3.05) is 13.2 Å². The van der Waals surface area contributed by atoms with Crippen molar-refractivity contribution in [2.45, 2.75) is 19.4 Å². The van der Waals surface area contributed by atoms with Crippen LogP contribution in [0.5, 0.6) is 0 Å². The van der Waals surface area contributed by atoms with Crippen LogP contribution in [0.1, 0.15) is 13.3 Å². The molecule has 0 N–H and O–H groups in total. The minimum Gasteiger partial charge on any atom is -0.464 e. The Morgan fingerprint density at radius 3 is 2.89 bits per heavy atom. The van der Waals surface area contributed by atoms with E-state index < -0.39 is 0 Å². The van der Waals surface area contributed by atoms with Gasteiger partial charge in [-0.1, -0.05) is 0 Å². The van der Waals surface area contributed by atoms with Gasteiger partial charge in [-0.05, 0) is 6.92 Å². The monoisotopic (exact) mass is 130 g/mol. The molecular weight excluding hydrogens is 120 g/mol. The van der Waals surface area contributed by atoms with Crippen molar-refractivity contribution in [3.63, 3.8) is 0 Å². The van der Waals surface area contributed by atoms with Crippen molar-refractivity contribution in [3.8, 4) is 0 Å². The molecule has 1 aliphatic rings. The van der Waals surface area contributed by atoms with E-state index in [9.17, 15) is 4.79 Å². The van der Waals surface area contributed by atoms with Crippen molar-refractivity contribution >= 4 is 5.97 Å². The minimum atomic E-state index is -0.259. The number of carbonyl (C=O) groups excluding carboxylic acids is 1. The summed E-state index contributed by atoms with van der Waals surface area (Å²) in [6, 6.07) is 0. The number of hydrogen-bond acceptors (Lipinski definition) is 3. The van der Waals surface area contributed by atoms with Gasteiger partial charge in [-0.25, -0.2) is 4.79 Å². The van der Waals surface area contributed by atoms with Gasteiger partial charge < -0.3 is 9.47 Å². The number of hydrogen-bond donors (Lipinski definition) is 0. The molecule has 0 saturated carbocycles. The second kappa shape index (κ2) is 2.82. The molecule has 0 aromatic heterocycles. The Balaban J connectivity index is 2.16. The lowest BCUT2D eigenvalue weighted by Gasteiger charge is -2.23. The summed E-state index contributed by atoms with van der Waals surface area (Å²) < 4.78 is 9.55. The molecule has 1 aliphatic heterocycles. The zero-order valence-electron chi connectivity index (χ0n) is 5.42. The van der Waals surface area contributed by atoms with Crippen LogP contribution in [0.25, 0.3) is 0 Å². The molecule has 0 amide bonds. The third-order valence-electron chi connectivity index (χ3n) is 1.25. The Hall–Kier alpha value is -0.570. The molecule has 1 saturated heterocycles. The van der Waals surface area contributed by atoms with E-state index in [1.165, 1.54) is 0 Å². The fourth-order valence-corrected chi connectivity index (χ4v) is 0.657. The van der Waals surface area contributed by atoms with Gasteiger partial charge in [0.25, 0.3) is 0 Å². The molecule has 1 unspecified atom stereocenters. The molecule has 3 heteroatoms. The summed E-state index contributed by atoms with van der Waals surface area (Å²) in [7, 11) is 0. The largest absolute Gasteiger partial charge is 0.464 e. The van der Waals surface area contributed by atoms with E-state index in [0.29, 0.717) is 13.2 Å². The molecule has 0 radical (unpaired) electrons. The molecule has 3 nitrogen and oxygen atoms in total. The first kappa shape index (κ1) is 6.55. The lowest BCUT2D eigenvalue weighted by Crippen LogP contribution is -2.36. The smallest absolute Gasteiger partial charge is 0.335 e. The third-order valence-corrected chi connectivity index (χ3v) is 1.25. The highest BCUT2D eigenvalue weighted by Gasteiger charge is 2.27. The predicted molar refractivity (Wildman–Crippen MR) is 31.0 cm³/mol. The summed E-state index contributed by atoms with van der Waals surface area (Å²) in [4.78, 5) is 10.7. The molecule has 0 aromatic carbocycles. The summed E-state index contributed by atoms with van der Waals surface area (Å²) in [6.45, 7) is 2.93. The van der Waals surface area contributed by atoms with Crippen molar-refractivity contribution < 1.29 is 14.3 Å². The Morgan fingerprint density at radius 2 is 2.56 bits per heavy atom. The van der Waals surface area contributed by atoms with E-state index in [2.05, 4.69) is 4.74 Å². The molecule has 9 heavy (non-hydrogen) atoms. The van der Waals surface area contributed by atoms with Crippen molar-refractivity contribution in [2.24, 2.45) is 0 Å². The summed E-state index contributed by atoms with van der Waals surface area (Å²) >= 11 is 0. The van der Waals surface area contributed by atoms with E-state index in [1.54, 1.807) is 6.92 Å². The summed E-state index contributed by atoms with van der Waals surface area (Å²) in [5, 5.41) is 0. The number of rotatable bonds is 2. The minimum absolute atomic E-state index is 0.219. The van der Waals surface area contributed by atoms with Gasteiger partial charge in [-0.15, -0.1) is 0 Å². The highest BCUT2D eigenvalue weighted by molar-refractivity contribution is 5.75. The fourth-order valence-electron chi connectivity index (χ4n) is 0.657. The summed E-state index contributed by atoms with van der Waals surface area (Å²) in [5.41, 5.74) is 0. The molecule has 1 fully saturated rings. The maximum absolute atomic E-state index is 10.7. The standard InChI is InChI=1S/C6H10O3/c1-2-8-6(7)5-3-4-9-5/h5H,2-4H2,1H3. The van der Waals surface area contributed by atoms with E-state index in [4.69, 9.17) is 4.74 Å². The van der Waals surface area contributed by atoms with Crippen molar-refractivity contribution in [1.29, 1.82) is 0 Å². The molecule has 52 valence electrons. The summed E-state index contributed by atoms with van der Waals surface area (Å²) in [6.07, 6.45) is 0.559.